The van der Waals surface area contributed by atoms with Gasteiger partial charge in [0.25, 0.3) is 0 Å². The summed E-state index contributed by atoms with van der Waals surface area (Å²) < 4.78 is 7.08. The number of aromatic nitrogens is 3. The standard InChI is InChI=1S/C12H15N3O2/c1-5-9-7(2)15-6-10(8(3)16)13-12(15)14-11(9)17-4/h6H,5H2,1-4H3. The minimum absolute atomic E-state index is 0.0630. The second kappa shape index (κ2) is 4.16. The minimum atomic E-state index is -0.0630. The van der Waals surface area contributed by atoms with Crippen molar-refractivity contribution in [3.05, 3.63) is 23.1 Å². The first-order chi connectivity index (χ1) is 8.08. The van der Waals surface area contributed by atoms with Gasteiger partial charge in [-0.2, -0.15) is 4.98 Å². The summed E-state index contributed by atoms with van der Waals surface area (Å²) >= 11 is 0. The zero-order valence-corrected chi connectivity index (χ0v) is 10.4. The normalized spacial score (nSPS) is 10.8. The number of nitrogens with zero attached hydrogens (tertiary/aromatic N) is 3. The number of rotatable bonds is 3. The van der Waals surface area contributed by atoms with Crippen LogP contribution in [0.5, 0.6) is 5.88 Å². The maximum atomic E-state index is 11.3. The summed E-state index contributed by atoms with van der Waals surface area (Å²) in [7, 11) is 1.59. The summed E-state index contributed by atoms with van der Waals surface area (Å²) in [4.78, 5) is 19.8. The van der Waals surface area contributed by atoms with Crippen molar-refractivity contribution in [3.63, 3.8) is 0 Å². The minimum Gasteiger partial charge on any atom is -0.481 e. The van der Waals surface area contributed by atoms with E-state index in [2.05, 4.69) is 9.97 Å². The lowest BCUT2D eigenvalue weighted by Crippen LogP contribution is -2.03. The van der Waals surface area contributed by atoms with Crippen LogP contribution in [0, 0.1) is 6.92 Å². The van der Waals surface area contributed by atoms with Crippen molar-refractivity contribution >= 4 is 11.6 Å². The fourth-order valence-corrected chi connectivity index (χ4v) is 1.90. The molecule has 2 heterocycles. The van der Waals surface area contributed by atoms with E-state index in [1.807, 2.05) is 18.2 Å². The smallest absolute Gasteiger partial charge is 0.237 e. The van der Waals surface area contributed by atoms with Gasteiger partial charge in [0.1, 0.15) is 5.69 Å². The molecule has 2 aromatic heterocycles. The van der Waals surface area contributed by atoms with E-state index in [-0.39, 0.29) is 5.78 Å². The third-order valence-electron chi connectivity index (χ3n) is 2.85. The van der Waals surface area contributed by atoms with Crippen LogP contribution < -0.4 is 4.74 Å². The highest BCUT2D eigenvalue weighted by molar-refractivity contribution is 5.92. The molecule has 0 aliphatic heterocycles. The number of ether oxygens (including phenoxy) is 1. The maximum Gasteiger partial charge on any atom is 0.237 e. The van der Waals surface area contributed by atoms with E-state index in [4.69, 9.17) is 4.74 Å². The van der Waals surface area contributed by atoms with Crippen LogP contribution in [0.3, 0.4) is 0 Å². The quantitative estimate of drug-likeness (QED) is 0.759. The van der Waals surface area contributed by atoms with Crippen LogP contribution in [0.4, 0.5) is 0 Å². The van der Waals surface area contributed by atoms with Gasteiger partial charge < -0.3 is 4.74 Å². The number of methoxy groups -OCH3 is 1. The molecular formula is C12H15N3O2. The molecule has 2 aromatic rings. The molecule has 5 heteroatoms. The molecule has 0 saturated carbocycles. The Bertz CT molecular complexity index is 587. The van der Waals surface area contributed by atoms with Crippen molar-refractivity contribution in [3.8, 4) is 5.88 Å². The highest BCUT2D eigenvalue weighted by atomic mass is 16.5. The summed E-state index contributed by atoms with van der Waals surface area (Å²) in [5.74, 6) is 1.02. The number of imidazole rings is 1. The van der Waals surface area contributed by atoms with Crippen LogP contribution >= 0.6 is 0 Å². The maximum absolute atomic E-state index is 11.3. The highest BCUT2D eigenvalue weighted by Gasteiger charge is 2.14. The summed E-state index contributed by atoms with van der Waals surface area (Å²) in [5, 5.41) is 0. The van der Waals surface area contributed by atoms with Crippen molar-refractivity contribution in [2.75, 3.05) is 7.11 Å². The van der Waals surface area contributed by atoms with Gasteiger partial charge in [0.05, 0.1) is 7.11 Å². The number of ketones is 1. The van der Waals surface area contributed by atoms with Crippen LogP contribution in [0.25, 0.3) is 5.78 Å². The van der Waals surface area contributed by atoms with E-state index in [1.165, 1.54) is 6.92 Å². The molecule has 0 radical (unpaired) electrons. The molecular weight excluding hydrogens is 218 g/mol. The Hall–Kier alpha value is -1.91. The van der Waals surface area contributed by atoms with Gasteiger partial charge in [-0.1, -0.05) is 6.92 Å². The lowest BCUT2D eigenvalue weighted by Gasteiger charge is -2.10. The first kappa shape index (κ1) is 11.6. The molecule has 0 amide bonds. The molecule has 0 spiro atoms. The van der Waals surface area contributed by atoms with Gasteiger partial charge in [0.2, 0.25) is 11.7 Å². The third kappa shape index (κ3) is 1.77. The van der Waals surface area contributed by atoms with Crippen molar-refractivity contribution < 1.29 is 9.53 Å². The van der Waals surface area contributed by atoms with Crippen molar-refractivity contribution in [1.82, 2.24) is 14.4 Å². The van der Waals surface area contributed by atoms with Gasteiger partial charge in [-0.05, 0) is 13.3 Å². The molecule has 0 bridgehead atoms. The first-order valence-electron chi connectivity index (χ1n) is 5.52. The fraction of sp³-hybridized carbons (Fsp3) is 0.417. The molecule has 0 fully saturated rings. The molecule has 0 aliphatic rings. The van der Waals surface area contributed by atoms with E-state index >= 15 is 0 Å². The van der Waals surface area contributed by atoms with Crippen LogP contribution in [0.2, 0.25) is 0 Å². The lowest BCUT2D eigenvalue weighted by atomic mass is 10.2. The number of carbonyl (C=O) groups excluding carboxylic acids is 1. The fourth-order valence-electron chi connectivity index (χ4n) is 1.90. The van der Waals surface area contributed by atoms with Crippen LogP contribution in [-0.2, 0) is 6.42 Å². The summed E-state index contributed by atoms with van der Waals surface area (Å²) in [6, 6.07) is 0. The molecule has 5 nitrogen and oxygen atoms in total. The van der Waals surface area contributed by atoms with Gasteiger partial charge in [0.15, 0.2) is 5.78 Å². The Balaban J connectivity index is 2.76. The SMILES string of the molecule is CCc1c(OC)nc2nc(C(C)=O)cn2c1C. The van der Waals surface area contributed by atoms with Crippen molar-refractivity contribution in [2.45, 2.75) is 27.2 Å². The molecule has 0 aromatic carbocycles. The van der Waals surface area contributed by atoms with E-state index in [0.717, 1.165) is 17.7 Å². The van der Waals surface area contributed by atoms with Gasteiger partial charge in [-0.3, -0.25) is 9.20 Å². The van der Waals surface area contributed by atoms with Gasteiger partial charge in [0, 0.05) is 24.4 Å². The van der Waals surface area contributed by atoms with E-state index in [9.17, 15) is 4.79 Å². The number of aryl methyl sites for hydroxylation is 1. The predicted molar refractivity (Wildman–Crippen MR) is 63.7 cm³/mol. The average molecular weight is 233 g/mol. The van der Waals surface area contributed by atoms with Gasteiger partial charge >= 0.3 is 0 Å². The topological polar surface area (TPSA) is 56.5 Å². The summed E-state index contributed by atoms with van der Waals surface area (Å²) in [5.41, 5.74) is 2.47. The molecule has 2 rings (SSSR count). The van der Waals surface area contributed by atoms with Crippen molar-refractivity contribution in [2.24, 2.45) is 0 Å². The Labute approximate surface area is 99.5 Å². The Morgan fingerprint density at radius 3 is 2.71 bits per heavy atom. The average Bonchev–Trinajstić information content (AvgIpc) is 2.73. The molecule has 0 N–H and O–H groups in total. The summed E-state index contributed by atoms with van der Waals surface area (Å²) in [6.45, 7) is 5.51. The second-order valence-electron chi connectivity index (χ2n) is 3.89. The van der Waals surface area contributed by atoms with E-state index in [1.54, 1.807) is 13.3 Å². The number of hydrogen-bond donors (Lipinski definition) is 0. The van der Waals surface area contributed by atoms with Crippen LogP contribution in [-0.4, -0.2) is 27.3 Å². The third-order valence-corrected chi connectivity index (χ3v) is 2.85. The molecule has 17 heavy (non-hydrogen) atoms. The van der Waals surface area contributed by atoms with E-state index < -0.39 is 0 Å². The Morgan fingerprint density at radius 2 is 2.18 bits per heavy atom. The number of hydrogen-bond acceptors (Lipinski definition) is 4. The molecule has 0 aliphatic carbocycles. The molecule has 0 saturated heterocycles. The first-order valence-corrected chi connectivity index (χ1v) is 5.52. The Morgan fingerprint density at radius 1 is 1.47 bits per heavy atom. The molecule has 0 atom stereocenters. The van der Waals surface area contributed by atoms with Gasteiger partial charge in [-0.15, -0.1) is 0 Å². The monoisotopic (exact) mass is 233 g/mol. The summed E-state index contributed by atoms with van der Waals surface area (Å²) in [6.07, 6.45) is 2.55. The number of fused-ring (bicyclic) bond motifs is 1. The van der Waals surface area contributed by atoms with Crippen molar-refractivity contribution in [1.29, 1.82) is 0 Å². The zero-order valence-electron chi connectivity index (χ0n) is 10.4. The second-order valence-corrected chi connectivity index (χ2v) is 3.89. The van der Waals surface area contributed by atoms with Crippen LogP contribution in [0.1, 0.15) is 35.6 Å². The van der Waals surface area contributed by atoms with E-state index in [0.29, 0.717) is 17.4 Å². The van der Waals surface area contributed by atoms with Crippen LogP contribution in [0.15, 0.2) is 6.20 Å². The Kier molecular flexibility index (Phi) is 2.83. The number of carbonyl (C=O) groups is 1. The molecule has 0 unspecified atom stereocenters. The van der Waals surface area contributed by atoms with Gasteiger partial charge in [-0.25, -0.2) is 4.98 Å². The predicted octanol–water partition coefficient (Wildman–Crippen LogP) is 1.81. The lowest BCUT2D eigenvalue weighted by molar-refractivity contribution is 0.101. The zero-order chi connectivity index (χ0) is 12.6. The molecule has 90 valence electrons. The largest absolute Gasteiger partial charge is 0.481 e. The highest BCUT2D eigenvalue weighted by Crippen LogP contribution is 2.22. The number of Topliss-reactive ketones (excluding diaryl/α,β-unsaturated/α-hetero) is 1.